The van der Waals surface area contributed by atoms with Crippen molar-refractivity contribution < 1.29 is 43.2 Å². The average molecular weight is 1080 g/mol. The number of hydrogen-bond donors (Lipinski definition) is 15. The number of nitrogens with zero attached hydrogens (tertiary/aromatic N) is 2. The van der Waals surface area contributed by atoms with Crippen molar-refractivity contribution in [1.82, 2.24) is 57.5 Å². The third kappa shape index (κ3) is 19.6. The summed E-state index contributed by atoms with van der Waals surface area (Å²) in [5.41, 5.74) is 19.1. The minimum absolute atomic E-state index is 0.0570. The van der Waals surface area contributed by atoms with Gasteiger partial charge in [0.05, 0.1) is 6.33 Å². The quantitative estimate of drug-likeness (QED) is 0.0118. The summed E-state index contributed by atoms with van der Waals surface area (Å²) in [4.78, 5) is 136. The van der Waals surface area contributed by atoms with E-state index in [0.717, 1.165) is 17.3 Å². The van der Waals surface area contributed by atoms with Crippen molar-refractivity contribution in [3.63, 3.8) is 0 Å². The van der Waals surface area contributed by atoms with Gasteiger partial charge in [0.1, 0.15) is 48.3 Å². The molecule has 24 nitrogen and oxygen atoms in total. The van der Waals surface area contributed by atoms with Crippen molar-refractivity contribution in [2.75, 3.05) is 18.1 Å². The Hall–Kier alpha value is -7.61. The van der Waals surface area contributed by atoms with Crippen molar-refractivity contribution in [2.24, 2.45) is 22.2 Å². The lowest BCUT2D eigenvalue weighted by Gasteiger charge is -2.27. The monoisotopic (exact) mass is 1080 g/mol. The predicted octanol–water partition coefficient (Wildman–Crippen LogP) is -1.57. The zero-order valence-corrected chi connectivity index (χ0v) is 43.8. The van der Waals surface area contributed by atoms with Crippen LogP contribution in [-0.2, 0) is 62.4 Å². The highest BCUT2D eigenvalue weighted by Gasteiger charge is 2.34. The highest BCUT2D eigenvalue weighted by molar-refractivity contribution is 7.80. The smallest absolute Gasteiger partial charge is 0.244 e. The number of carbonyl (C=O) groups excluding carboxylic acids is 9. The lowest BCUT2D eigenvalue weighted by atomic mass is 10.0. The molecule has 2 aromatic carbocycles. The van der Waals surface area contributed by atoms with Crippen molar-refractivity contribution >= 4 is 95.3 Å². The molecule has 26 heteroatoms. The van der Waals surface area contributed by atoms with Gasteiger partial charge < -0.3 is 69.7 Å². The third-order valence-corrected chi connectivity index (χ3v) is 12.5. The fraction of sp³-hybridized carbons (Fsp3) is 0.449. The lowest BCUT2D eigenvalue weighted by Crippen LogP contribution is -2.61. The molecule has 0 saturated carbocycles. The zero-order valence-electron chi connectivity index (χ0n) is 42.0. The van der Waals surface area contributed by atoms with Crippen LogP contribution >= 0.6 is 25.3 Å². The number of nitrogens with one attached hydrogen (secondary N) is 10. The average Bonchev–Trinajstić information content (AvgIpc) is 4.06. The molecule has 4 rings (SSSR count). The Morgan fingerprint density at radius 1 is 0.600 bits per heavy atom. The fourth-order valence-electron chi connectivity index (χ4n) is 7.75. The Kier molecular flexibility index (Phi) is 24.4. The van der Waals surface area contributed by atoms with Crippen molar-refractivity contribution in [3.05, 3.63) is 90.1 Å². The van der Waals surface area contributed by atoms with Crippen LogP contribution in [0.2, 0.25) is 0 Å². The molecule has 0 spiro atoms. The first kappa shape index (κ1) is 59.9. The molecule has 0 aliphatic heterocycles. The normalized spacial score (nSPS) is 14.2. The molecule has 0 radical (unpaired) electrons. The second kappa shape index (κ2) is 30.6. The maximum Gasteiger partial charge on any atom is 0.244 e. The van der Waals surface area contributed by atoms with Crippen LogP contribution in [0.4, 0.5) is 0 Å². The van der Waals surface area contributed by atoms with E-state index in [2.05, 4.69) is 87.7 Å². The number of nitrogens with two attached hydrogens (primary N) is 3. The van der Waals surface area contributed by atoms with Crippen LogP contribution in [0.25, 0.3) is 10.9 Å². The number of carbonyl (C=O) groups is 9. The summed E-state index contributed by atoms with van der Waals surface area (Å²) in [6, 6.07) is 5.98. The minimum Gasteiger partial charge on any atom is -0.370 e. The first-order chi connectivity index (χ1) is 35.8. The Bertz CT molecular complexity index is 2600. The number of imidazole rings is 1. The summed E-state index contributed by atoms with van der Waals surface area (Å²) in [6.45, 7) is 4.63. The number of H-pyrrole nitrogens is 2. The Labute approximate surface area is 445 Å². The molecular formula is C49H69N15O9S2. The van der Waals surface area contributed by atoms with Gasteiger partial charge in [-0.3, -0.25) is 48.1 Å². The Morgan fingerprint density at radius 2 is 1.12 bits per heavy atom. The van der Waals surface area contributed by atoms with Gasteiger partial charge in [-0.25, -0.2) is 4.98 Å². The molecule has 16 N–H and O–H groups in total. The first-order valence-corrected chi connectivity index (χ1v) is 25.6. The molecule has 0 aliphatic rings. The van der Waals surface area contributed by atoms with Crippen molar-refractivity contribution in [1.29, 1.82) is 0 Å². The topological polar surface area (TPSA) is 385 Å². The summed E-state index contributed by atoms with van der Waals surface area (Å²) in [7, 11) is 0. The number of amides is 9. The SMILES string of the molecule is CCCC[C@H](NC(C)=O)C(=O)N[C@H](CS)C(=O)N[C@H](C)C(=O)N[C@@H](Cc1cnc[nH]1)C(=O)N[C@H](Cc1ccccc1)C(=O)N[C@@H](CCCN=C(N)N)C(=O)N[C@@H](Cc1c[nH]c2ccccc12)C(=O)N[C@@H](CS)C(N)=O. The summed E-state index contributed by atoms with van der Waals surface area (Å²) in [6.07, 6.45) is 6.01. The van der Waals surface area contributed by atoms with Gasteiger partial charge in [-0.2, -0.15) is 25.3 Å². The molecular weight excluding hydrogens is 1010 g/mol. The number of hydrogen-bond acceptors (Lipinski definition) is 13. The highest BCUT2D eigenvalue weighted by atomic mass is 32.1. The van der Waals surface area contributed by atoms with Crippen LogP contribution in [0, 0.1) is 0 Å². The number of para-hydroxylation sites is 1. The second-order valence-corrected chi connectivity index (χ2v) is 18.5. The standard InChI is InChI=1S/C49H69N15O9S2/c1-4-5-15-34(58-28(3)65)43(68)64-40(25-75)48(73)57-27(2)42(67)60-38(21-31-23-53-26-56-31)47(72)61-36(19-29-12-7-6-8-13-29)45(70)59-35(17-11-18-54-49(51)52)44(69)62-37(46(71)63-39(24-74)41(50)66)20-30-22-55-33-16-10-9-14-32(30)33/h6-10,12-14,16,22-23,26-27,34-40,55,74-75H,4-5,11,15,17-21,24-25H2,1-3H3,(H2,50,66)(H,53,56)(H,57,73)(H,58,65)(H,59,70)(H,60,67)(H,61,72)(H,62,69)(H,63,71)(H,64,68)(H4,51,52,54)/t27-,34+,35+,36-,37+,38+,39+,40-/m1/s1. The van der Waals surface area contributed by atoms with Crippen LogP contribution < -0.4 is 59.7 Å². The van der Waals surface area contributed by atoms with Crippen LogP contribution in [0.3, 0.4) is 0 Å². The number of benzene rings is 2. The van der Waals surface area contributed by atoms with Gasteiger partial charge in [0.2, 0.25) is 53.2 Å². The van der Waals surface area contributed by atoms with E-state index >= 15 is 0 Å². The maximum absolute atomic E-state index is 14.6. The van der Waals surface area contributed by atoms with E-state index in [1.807, 2.05) is 31.2 Å². The largest absolute Gasteiger partial charge is 0.370 e. The minimum atomic E-state index is -1.39. The van der Waals surface area contributed by atoms with Crippen LogP contribution in [-0.4, -0.2) is 140 Å². The number of aliphatic imine (C=N–C) groups is 1. The van der Waals surface area contributed by atoms with Gasteiger partial charge >= 0.3 is 0 Å². The van der Waals surface area contributed by atoms with Crippen molar-refractivity contribution in [2.45, 2.75) is 120 Å². The van der Waals surface area contributed by atoms with Gasteiger partial charge in [-0.1, -0.05) is 68.3 Å². The number of unbranched alkanes of at least 4 members (excludes halogenated alkanes) is 1. The van der Waals surface area contributed by atoms with E-state index in [0.29, 0.717) is 29.7 Å². The number of fused-ring (bicyclic) bond motifs is 1. The van der Waals surface area contributed by atoms with E-state index in [9.17, 15) is 43.2 Å². The molecule has 8 atom stereocenters. The molecule has 0 bridgehead atoms. The number of aromatic nitrogens is 3. The lowest BCUT2D eigenvalue weighted by molar-refractivity contribution is -0.135. The molecule has 0 unspecified atom stereocenters. The third-order valence-electron chi connectivity index (χ3n) is 11.8. The molecule has 75 heavy (non-hydrogen) atoms. The van der Waals surface area contributed by atoms with E-state index in [1.54, 1.807) is 36.5 Å². The Morgan fingerprint density at radius 3 is 1.71 bits per heavy atom. The molecule has 9 amide bonds. The van der Waals surface area contributed by atoms with Gasteiger partial charge in [0.15, 0.2) is 5.96 Å². The maximum atomic E-state index is 14.6. The van der Waals surface area contributed by atoms with E-state index in [-0.39, 0.29) is 56.1 Å². The summed E-state index contributed by atoms with van der Waals surface area (Å²) in [5, 5.41) is 21.9. The van der Waals surface area contributed by atoms with Crippen molar-refractivity contribution in [3.8, 4) is 0 Å². The second-order valence-electron chi connectivity index (χ2n) is 17.7. The Balaban J connectivity index is 1.60. The number of primary amides is 1. The van der Waals surface area contributed by atoms with Crippen LogP contribution in [0.15, 0.2) is 78.3 Å². The highest BCUT2D eigenvalue weighted by Crippen LogP contribution is 2.20. The van der Waals surface area contributed by atoms with Gasteiger partial charge in [0.25, 0.3) is 0 Å². The first-order valence-electron chi connectivity index (χ1n) is 24.4. The van der Waals surface area contributed by atoms with E-state index in [1.165, 1.54) is 26.4 Å². The number of rotatable bonds is 31. The molecule has 0 saturated heterocycles. The molecule has 2 heterocycles. The zero-order chi connectivity index (χ0) is 55.0. The van der Waals surface area contributed by atoms with E-state index in [4.69, 9.17) is 17.2 Å². The summed E-state index contributed by atoms with van der Waals surface area (Å²) in [5.74, 6) is -7.16. The molecule has 4 aromatic rings. The molecule has 2 aromatic heterocycles. The molecule has 0 fully saturated rings. The van der Waals surface area contributed by atoms with Gasteiger partial charge in [0, 0.05) is 73.2 Å². The summed E-state index contributed by atoms with van der Waals surface area (Å²) >= 11 is 8.38. The number of guanidine groups is 1. The van der Waals surface area contributed by atoms with Crippen LogP contribution in [0.1, 0.15) is 69.7 Å². The van der Waals surface area contributed by atoms with Crippen LogP contribution in [0.5, 0.6) is 0 Å². The number of thiol groups is 2. The van der Waals surface area contributed by atoms with E-state index < -0.39 is 101 Å². The molecule has 406 valence electrons. The number of aromatic amines is 2. The molecule has 0 aliphatic carbocycles. The fourth-order valence-corrected chi connectivity index (χ4v) is 8.28. The van der Waals surface area contributed by atoms with Gasteiger partial charge in [-0.05, 0) is 43.4 Å². The predicted molar refractivity (Wildman–Crippen MR) is 288 cm³/mol. The van der Waals surface area contributed by atoms with Gasteiger partial charge in [-0.15, -0.1) is 0 Å². The summed E-state index contributed by atoms with van der Waals surface area (Å²) < 4.78 is 0.